The molecule has 1 unspecified atom stereocenters. The molecule has 3 rings (SSSR count). The normalized spacial score (nSPS) is 17.6. The number of aromatic nitrogens is 1. The van der Waals surface area contributed by atoms with E-state index in [9.17, 15) is 9.90 Å². The molecule has 0 aliphatic carbocycles. The van der Waals surface area contributed by atoms with Gasteiger partial charge in [-0.2, -0.15) is 0 Å². The fourth-order valence-electron chi connectivity index (χ4n) is 2.80. The lowest BCUT2D eigenvalue weighted by atomic mass is 10.1. The minimum atomic E-state index is -0.936. The molecule has 1 aliphatic rings. The van der Waals surface area contributed by atoms with E-state index in [1.807, 2.05) is 24.3 Å². The summed E-state index contributed by atoms with van der Waals surface area (Å²) in [6.45, 7) is 1.79. The molecule has 0 bridgehead atoms. The molecule has 2 heterocycles. The first-order valence-corrected chi connectivity index (χ1v) is 8.05. The lowest BCUT2D eigenvalue weighted by Gasteiger charge is -2.41. The average molecular weight is 348 g/mol. The number of benzene rings is 1. The monoisotopic (exact) mass is 347 g/mol. The topological polar surface area (TPSA) is 65.9 Å². The van der Waals surface area contributed by atoms with E-state index in [0.717, 1.165) is 5.69 Å². The van der Waals surface area contributed by atoms with Crippen molar-refractivity contribution >= 4 is 23.4 Å². The van der Waals surface area contributed by atoms with Gasteiger partial charge in [-0.15, -0.1) is 0 Å². The number of rotatable bonds is 4. The van der Waals surface area contributed by atoms with Gasteiger partial charge < -0.3 is 14.7 Å². The number of halogens is 1. The van der Waals surface area contributed by atoms with Crippen LogP contribution in [0.4, 0.5) is 10.5 Å². The third kappa shape index (κ3) is 3.71. The maximum atomic E-state index is 11.5. The fourth-order valence-corrected chi connectivity index (χ4v) is 3.06. The molecule has 1 amide bonds. The van der Waals surface area contributed by atoms with E-state index in [1.54, 1.807) is 24.5 Å². The highest BCUT2D eigenvalue weighted by Crippen LogP contribution is 2.27. The van der Waals surface area contributed by atoms with E-state index in [4.69, 9.17) is 16.3 Å². The Kier molecular flexibility index (Phi) is 5.05. The summed E-state index contributed by atoms with van der Waals surface area (Å²) in [6, 6.07) is 10.9. The van der Waals surface area contributed by atoms with Gasteiger partial charge in [0.2, 0.25) is 0 Å². The summed E-state index contributed by atoms with van der Waals surface area (Å²) in [6.07, 6.45) is 2.34. The van der Waals surface area contributed by atoms with Crippen molar-refractivity contribution in [3.8, 4) is 5.75 Å². The molecule has 0 spiro atoms. The summed E-state index contributed by atoms with van der Waals surface area (Å²) >= 11 is 6.27. The Labute approximate surface area is 145 Å². The minimum absolute atomic E-state index is 0.263. The Balaban J connectivity index is 1.72. The van der Waals surface area contributed by atoms with Crippen LogP contribution in [0.5, 0.6) is 5.75 Å². The molecule has 1 fully saturated rings. The predicted octanol–water partition coefficient (Wildman–Crippen LogP) is 2.98. The van der Waals surface area contributed by atoms with Crippen LogP contribution < -0.4 is 9.64 Å². The Bertz CT molecular complexity index is 698. The number of carboxylic acid groups (broad SMARTS) is 1. The van der Waals surface area contributed by atoms with Crippen molar-refractivity contribution in [3.05, 3.63) is 53.8 Å². The second-order valence-corrected chi connectivity index (χ2v) is 5.93. The van der Waals surface area contributed by atoms with Crippen LogP contribution in [0.25, 0.3) is 0 Å². The van der Waals surface area contributed by atoms with Crippen molar-refractivity contribution in [2.24, 2.45) is 0 Å². The maximum Gasteiger partial charge on any atom is 0.407 e. The fraction of sp³-hybridized carbons (Fsp3) is 0.294. The number of ether oxygens (including phenoxy) is 1. The van der Waals surface area contributed by atoms with Gasteiger partial charge in [-0.3, -0.25) is 9.88 Å². The smallest absolute Gasteiger partial charge is 0.407 e. The summed E-state index contributed by atoms with van der Waals surface area (Å²) < 4.78 is 5.71. The first-order valence-electron chi connectivity index (χ1n) is 7.67. The van der Waals surface area contributed by atoms with Gasteiger partial charge >= 0.3 is 6.09 Å². The molecule has 7 heteroatoms. The molecule has 1 saturated heterocycles. The van der Waals surface area contributed by atoms with Crippen molar-refractivity contribution in [2.75, 3.05) is 31.1 Å². The highest BCUT2D eigenvalue weighted by atomic mass is 35.5. The molecule has 2 aromatic rings. The Morgan fingerprint density at radius 2 is 2.12 bits per heavy atom. The van der Waals surface area contributed by atoms with Crippen LogP contribution in [0, 0.1) is 0 Å². The van der Waals surface area contributed by atoms with Gasteiger partial charge in [0.25, 0.3) is 0 Å². The van der Waals surface area contributed by atoms with E-state index in [1.165, 1.54) is 4.90 Å². The van der Waals surface area contributed by atoms with Crippen LogP contribution in [0.2, 0.25) is 5.02 Å². The van der Waals surface area contributed by atoms with Crippen LogP contribution in [0.15, 0.2) is 48.8 Å². The van der Waals surface area contributed by atoms with Crippen molar-refractivity contribution in [1.29, 1.82) is 0 Å². The van der Waals surface area contributed by atoms with Crippen LogP contribution in [-0.4, -0.2) is 53.4 Å². The van der Waals surface area contributed by atoms with E-state index in [0.29, 0.717) is 30.4 Å². The van der Waals surface area contributed by atoms with E-state index < -0.39 is 6.09 Å². The predicted molar refractivity (Wildman–Crippen MR) is 91.9 cm³/mol. The summed E-state index contributed by atoms with van der Waals surface area (Å²) in [5, 5.41) is 10.1. The number of nitrogens with zero attached hydrogens (tertiary/aromatic N) is 3. The van der Waals surface area contributed by atoms with Crippen molar-refractivity contribution < 1.29 is 14.6 Å². The molecule has 1 N–H and O–H groups in total. The number of pyridine rings is 1. The first-order chi connectivity index (χ1) is 11.6. The molecule has 1 aromatic carbocycles. The summed E-state index contributed by atoms with van der Waals surface area (Å²) in [4.78, 5) is 19.0. The number of amides is 1. The SMILES string of the molecule is O=C(O)N1CCN(c2ccccc2Cl)CC1COc1cccnc1. The molecule has 1 aliphatic heterocycles. The second-order valence-electron chi connectivity index (χ2n) is 5.53. The third-order valence-electron chi connectivity index (χ3n) is 4.00. The molecular formula is C17H18ClN3O3. The van der Waals surface area contributed by atoms with E-state index >= 15 is 0 Å². The van der Waals surface area contributed by atoms with Gasteiger partial charge in [0.15, 0.2) is 0 Å². The van der Waals surface area contributed by atoms with Gasteiger partial charge in [-0.1, -0.05) is 23.7 Å². The van der Waals surface area contributed by atoms with Crippen LogP contribution in [-0.2, 0) is 0 Å². The van der Waals surface area contributed by atoms with Crippen LogP contribution in [0.3, 0.4) is 0 Å². The zero-order valence-corrected chi connectivity index (χ0v) is 13.8. The van der Waals surface area contributed by atoms with E-state index in [-0.39, 0.29) is 12.6 Å². The van der Waals surface area contributed by atoms with Gasteiger partial charge in [-0.25, -0.2) is 4.79 Å². The molecule has 0 radical (unpaired) electrons. The molecule has 6 nitrogen and oxygen atoms in total. The molecule has 1 atom stereocenters. The lowest BCUT2D eigenvalue weighted by Crippen LogP contribution is -2.57. The van der Waals surface area contributed by atoms with Crippen LogP contribution in [0.1, 0.15) is 0 Å². The molecular weight excluding hydrogens is 330 g/mol. The van der Waals surface area contributed by atoms with Gasteiger partial charge in [0.05, 0.1) is 22.9 Å². The zero-order valence-electron chi connectivity index (χ0n) is 13.0. The molecule has 24 heavy (non-hydrogen) atoms. The Morgan fingerprint density at radius 3 is 2.83 bits per heavy atom. The van der Waals surface area contributed by atoms with Crippen molar-refractivity contribution in [2.45, 2.75) is 6.04 Å². The quantitative estimate of drug-likeness (QED) is 0.921. The summed E-state index contributed by atoms with van der Waals surface area (Å²) in [7, 11) is 0. The van der Waals surface area contributed by atoms with Crippen molar-refractivity contribution in [3.63, 3.8) is 0 Å². The van der Waals surface area contributed by atoms with Gasteiger partial charge in [0.1, 0.15) is 12.4 Å². The van der Waals surface area contributed by atoms with Crippen molar-refractivity contribution in [1.82, 2.24) is 9.88 Å². The molecule has 0 saturated carbocycles. The van der Waals surface area contributed by atoms with Gasteiger partial charge in [0, 0.05) is 25.8 Å². The third-order valence-corrected chi connectivity index (χ3v) is 4.32. The van der Waals surface area contributed by atoms with Crippen LogP contribution >= 0.6 is 11.6 Å². The number of piperazine rings is 1. The lowest BCUT2D eigenvalue weighted by molar-refractivity contribution is 0.0965. The first kappa shape index (κ1) is 16.4. The second kappa shape index (κ2) is 7.40. The highest BCUT2D eigenvalue weighted by Gasteiger charge is 2.31. The number of hydrogen-bond donors (Lipinski definition) is 1. The number of para-hydroxylation sites is 1. The maximum absolute atomic E-state index is 11.5. The Morgan fingerprint density at radius 1 is 1.29 bits per heavy atom. The standard InChI is InChI=1S/C17H18ClN3O3/c18-15-5-1-2-6-16(15)20-8-9-21(17(22)23)13(11-20)12-24-14-4-3-7-19-10-14/h1-7,10,13H,8-9,11-12H2,(H,22,23). The summed E-state index contributed by atoms with van der Waals surface area (Å²) in [5.41, 5.74) is 0.913. The summed E-state index contributed by atoms with van der Waals surface area (Å²) in [5.74, 6) is 0.623. The average Bonchev–Trinajstić information content (AvgIpc) is 2.61. The highest BCUT2D eigenvalue weighted by molar-refractivity contribution is 6.33. The largest absolute Gasteiger partial charge is 0.490 e. The number of hydrogen-bond acceptors (Lipinski definition) is 4. The van der Waals surface area contributed by atoms with Gasteiger partial charge in [-0.05, 0) is 24.3 Å². The Hall–Kier alpha value is -2.47. The zero-order chi connectivity index (χ0) is 16.9. The minimum Gasteiger partial charge on any atom is -0.490 e. The number of carbonyl (C=O) groups is 1. The van der Waals surface area contributed by atoms with E-state index in [2.05, 4.69) is 9.88 Å². The molecule has 1 aromatic heterocycles. The molecule has 126 valence electrons. The number of anilines is 1.